The smallest absolute Gasteiger partial charge is 0.259 e. The van der Waals surface area contributed by atoms with Crippen LogP contribution in [0.25, 0.3) is 20.4 Å². The molecule has 0 fully saturated rings. The summed E-state index contributed by atoms with van der Waals surface area (Å²) in [6.45, 7) is 1.97. The van der Waals surface area contributed by atoms with Gasteiger partial charge in [0.05, 0.1) is 41.0 Å². The van der Waals surface area contributed by atoms with Crippen molar-refractivity contribution in [2.24, 2.45) is 0 Å². The highest BCUT2D eigenvalue weighted by molar-refractivity contribution is 7.28. The van der Waals surface area contributed by atoms with Gasteiger partial charge in [-0.1, -0.05) is 40.6 Å². The van der Waals surface area contributed by atoms with Crippen LogP contribution in [0.4, 0.5) is 5.13 Å². The van der Waals surface area contributed by atoms with Crippen molar-refractivity contribution in [1.82, 2.24) is 9.97 Å². The van der Waals surface area contributed by atoms with Crippen LogP contribution in [0.1, 0.15) is 15.4 Å². The SMILES string of the molecule is Cc1nc2ccc3nc(NC(=O)c4cccc(Cl)c4Cl)sc3c2s1. The number of hydrogen-bond acceptors (Lipinski definition) is 5. The largest absolute Gasteiger partial charge is 0.298 e. The summed E-state index contributed by atoms with van der Waals surface area (Å²) in [6.07, 6.45) is 0. The van der Waals surface area contributed by atoms with E-state index in [1.807, 2.05) is 19.1 Å². The lowest BCUT2D eigenvalue weighted by molar-refractivity contribution is 0.102. The van der Waals surface area contributed by atoms with Crippen LogP contribution in [-0.2, 0) is 0 Å². The van der Waals surface area contributed by atoms with Gasteiger partial charge >= 0.3 is 0 Å². The number of carbonyl (C=O) groups excluding carboxylic acids is 1. The second kappa shape index (κ2) is 5.97. The molecule has 2 aromatic carbocycles. The summed E-state index contributed by atoms with van der Waals surface area (Å²) < 4.78 is 2.11. The monoisotopic (exact) mass is 393 g/mol. The Kier molecular flexibility index (Phi) is 3.92. The summed E-state index contributed by atoms with van der Waals surface area (Å²) in [6, 6.07) is 8.81. The van der Waals surface area contributed by atoms with Crippen molar-refractivity contribution < 1.29 is 4.79 Å². The maximum absolute atomic E-state index is 12.4. The van der Waals surface area contributed by atoms with E-state index in [-0.39, 0.29) is 10.9 Å². The van der Waals surface area contributed by atoms with Gasteiger partial charge in [-0.05, 0) is 31.2 Å². The van der Waals surface area contributed by atoms with Gasteiger partial charge in [-0.3, -0.25) is 10.1 Å². The normalized spacial score (nSPS) is 11.3. The first-order valence-corrected chi connectivity index (χ1v) is 9.34. The number of fused-ring (bicyclic) bond motifs is 3. The van der Waals surface area contributed by atoms with E-state index < -0.39 is 0 Å². The molecular weight excluding hydrogens is 385 g/mol. The molecule has 0 aliphatic carbocycles. The molecule has 24 heavy (non-hydrogen) atoms. The molecule has 0 radical (unpaired) electrons. The Labute approximate surface area is 155 Å². The molecule has 120 valence electrons. The maximum atomic E-state index is 12.4. The average Bonchev–Trinajstić information content (AvgIpc) is 3.11. The molecule has 2 aromatic heterocycles. The third-order valence-corrected chi connectivity index (χ3v) is 6.39. The first kappa shape index (κ1) is 15.8. The van der Waals surface area contributed by atoms with E-state index in [0.717, 1.165) is 25.4 Å². The first-order chi connectivity index (χ1) is 11.5. The van der Waals surface area contributed by atoms with E-state index in [4.69, 9.17) is 23.2 Å². The highest BCUT2D eigenvalue weighted by Gasteiger charge is 2.16. The highest BCUT2D eigenvalue weighted by atomic mass is 35.5. The first-order valence-electron chi connectivity index (χ1n) is 6.95. The Morgan fingerprint density at radius 1 is 1.04 bits per heavy atom. The Morgan fingerprint density at radius 2 is 1.75 bits per heavy atom. The summed E-state index contributed by atoms with van der Waals surface area (Å²) in [5.74, 6) is -0.335. The Hall–Kier alpha value is -1.73. The fourth-order valence-electron chi connectivity index (χ4n) is 2.38. The van der Waals surface area contributed by atoms with Gasteiger partial charge in [0.2, 0.25) is 0 Å². The molecule has 4 nitrogen and oxygen atoms in total. The van der Waals surface area contributed by atoms with E-state index in [2.05, 4.69) is 15.3 Å². The Balaban J connectivity index is 1.73. The van der Waals surface area contributed by atoms with Gasteiger partial charge in [0.25, 0.3) is 5.91 Å². The third kappa shape index (κ3) is 2.65. The molecule has 4 aromatic rings. The van der Waals surface area contributed by atoms with Gasteiger partial charge in [0.15, 0.2) is 5.13 Å². The van der Waals surface area contributed by atoms with Gasteiger partial charge < -0.3 is 0 Å². The minimum absolute atomic E-state index is 0.234. The number of anilines is 1. The van der Waals surface area contributed by atoms with Crippen molar-refractivity contribution in [3.05, 3.63) is 50.9 Å². The maximum Gasteiger partial charge on any atom is 0.259 e. The molecule has 0 saturated carbocycles. The van der Waals surface area contributed by atoms with Gasteiger partial charge in [0, 0.05) is 0 Å². The van der Waals surface area contributed by atoms with Crippen molar-refractivity contribution in [2.75, 3.05) is 5.32 Å². The third-order valence-electron chi connectivity index (χ3n) is 3.44. The second-order valence-corrected chi connectivity index (χ2v) is 8.06. The van der Waals surface area contributed by atoms with Gasteiger partial charge in [-0.2, -0.15) is 0 Å². The topological polar surface area (TPSA) is 54.9 Å². The predicted octanol–water partition coefficient (Wildman–Crippen LogP) is 5.77. The van der Waals surface area contributed by atoms with Crippen LogP contribution in [0.2, 0.25) is 10.0 Å². The van der Waals surface area contributed by atoms with Crippen LogP contribution in [0.5, 0.6) is 0 Å². The summed E-state index contributed by atoms with van der Waals surface area (Å²) in [7, 11) is 0. The Bertz CT molecular complexity index is 1100. The van der Waals surface area contributed by atoms with Crippen molar-refractivity contribution in [3.63, 3.8) is 0 Å². The fraction of sp³-hybridized carbons (Fsp3) is 0.0625. The molecule has 1 N–H and O–H groups in total. The number of aryl methyl sites for hydroxylation is 1. The molecule has 8 heteroatoms. The van der Waals surface area contributed by atoms with E-state index >= 15 is 0 Å². The second-order valence-electron chi connectivity index (χ2n) is 5.07. The zero-order valence-corrected chi connectivity index (χ0v) is 15.4. The van der Waals surface area contributed by atoms with E-state index in [9.17, 15) is 4.79 Å². The summed E-state index contributed by atoms with van der Waals surface area (Å²) in [5, 5.41) is 4.89. The van der Waals surface area contributed by atoms with Gasteiger partial charge in [-0.15, -0.1) is 11.3 Å². The Morgan fingerprint density at radius 3 is 2.54 bits per heavy atom. The van der Waals surface area contributed by atoms with Crippen molar-refractivity contribution in [2.45, 2.75) is 6.92 Å². The summed E-state index contributed by atoms with van der Waals surface area (Å²) in [4.78, 5) is 21.4. The number of hydrogen-bond donors (Lipinski definition) is 1. The standard InChI is InChI=1S/C16H9Cl2N3OS2/c1-7-19-10-5-6-11-14(13(10)23-7)24-16(20-11)21-15(22)8-3-2-4-9(17)12(8)18/h2-6H,1H3,(H,20,21,22). The van der Waals surface area contributed by atoms with E-state index in [1.165, 1.54) is 11.3 Å². The number of nitrogens with one attached hydrogen (secondary N) is 1. The fourth-order valence-corrected chi connectivity index (χ4v) is 4.77. The zero-order chi connectivity index (χ0) is 16.8. The summed E-state index contributed by atoms with van der Waals surface area (Å²) >= 11 is 15.1. The molecule has 0 unspecified atom stereocenters. The number of amides is 1. The lowest BCUT2D eigenvalue weighted by Gasteiger charge is -2.04. The molecule has 0 spiro atoms. The molecule has 0 atom stereocenters. The number of rotatable bonds is 2. The lowest BCUT2D eigenvalue weighted by atomic mass is 10.2. The number of benzene rings is 2. The molecule has 0 aliphatic rings. The predicted molar refractivity (Wildman–Crippen MR) is 102 cm³/mol. The van der Waals surface area contributed by atoms with Gasteiger partial charge in [0.1, 0.15) is 0 Å². The van der Waals surface area contributed by atoms with Crippen LogP contribution in [0.3, 0.4) is 0 Å². The van der Waals surface area contributed by atoms with Crippen LogP contribution < -0.4 is 5.32 Å². The average molecular weight is 394 g/mol. The van der Waals surface area contributed by atoms with Crippen LogP contribution >= 0.6 is 45.9 Å². The highest BCUT2D eigenvalue weighted by Crippen LogP contribution is 2.36. The molecule has 0 bridgehead atoms. The van der Waals surface area contributed by atoms with E-state index in [1.54, 1.807) is 29.5 Å². The van der Waals surface area contributed by atoms with Crippen LogP contribution in [-0.4, -0.2) is 15.9 Å². The van der Waals surface area contributed by atoms with Crippen molar-refractivity contribution >= 4 is 77.3 Å². The zero-order valence-electron chi connectivity index (χ0n) is 12.3. The molecule has 0 aliphatic heterocycles. The number of thiazole rings is 2. The minimum Gasteiger partial charge on any atom is -0.298 e. The molecule has 1 amide bonds. The van der Waals surface area contributed by atoms with Crippen molar-refractivity contribution in [3.8, 4) is 0 Å². The van der Waals surface area contributed by atoms with Crippen LogP contribution in [0.15, 0.2) is 30.3 Å². The molecule has 0 saturated heterocycles. The number of aromatic nitrogens is 2. The minimum atomic E-state index is -0.335. The number of carbonyl (C=O) groups is 1. The van der Waals surface area contributed by atoms with Crippen LogP contribution in [0, 0.1) is 6.92 Å². The summed E-state index contributed by atoms with van der Waals surface area (Å²) in [5.41, 5.74) is 2.11. The molecule has 2 heterocycles. The van der Waals surface area contributed by atoms with Gasteiger partial charge in [-0.25, -0.2) is 9.97 Å². The number of nitrogens with zero attached hydrogens (tertiary/aromatic N) is 2. The van der Waals surface area contributed by atoms with E-state index in [0.29, 0.717) is 15.7 Å². The quantitative estimate of drug-likeness (QED) is 0.469. The van der Waals surface area contributed by atoms with Crippen molar-refractivity contribution in [1.29, 1.82) is 0 Å². The lowest BCUT2D eigenvalue weighted by Crippen LogP contribution is -2.12. The number of halogens is 2. The molecular formula is C16H9Cl2N3OS2. The molecule has 4 rings (SSSR count).